The molecule has 6 heteroatoms. The molecule has 0 saturated heterocycles. The number of rotatable bonds is 6. The van der Waals surface area contributed by atoms with E-state index in [1.54, 1.807) is 12.3 Å². The summed E-state index contributed by atoms with van der Waals surface area (Å²) in [6, 6.07) is 7.59. The van der Waals surface area contributed by atoms with Crippen LogP contribution >= 0.6 is 0 Å². The lowest BCUT2D eigenvalue weighted by Crippen LogP contribution is -2.32. The normalized spacial score (nSPS) is 14.9. The van der Waals surface area contributed by atoms with Gasteiger partial charge in [0.1, 0.15) is 22.7 Å². The average Bonchev–Trinajstić information content (AvgIpc) is 3.20. The third-order valence-corrected chi connectivity index (χ3v) is 5.69. The van der Waals surface area contributed by atoms with E-state index >= 15 is 0 Å². The molecule has 6 nitrogen and oxygen atoms in total. The lowest BCUT2D eigenvalue weighted by atomic mass is 9.92. The van der Waals surface area contributed by atoms with Gasteiger partial charge >= 0.3 is 5.63 Å². The van der Waals surface area contributed by atoms with Gasteiger partial charge in [-0.2, -0.15) is 0 Å². The first-order valence-electron chi connectivity index (χ1n) is 10.4. The zero-order valence-corrected chi connectivity index (χ0v) is 17.7. The van der Waals surface area contributed by atoms with E-state index in [0.29, 0.717) is 17.7 Å². The Morgan fingerprint density at radius 1 is 1.27 bits per heavy atom. The molecule has 0 bridgehead atoms. The fourth-order valence-corrected chi connectivity index (χ4v) is 3.91. The lowest BCUT2D eigenvalue weighted by molar-refractivity contribution is -0.120. The second-order valence-electron chi connectivity index (χ2n) is 8.52. The summed E-state index contributed by atoms with van der Waals surface area (Å²) in [5, 5.41) is 3.73. The molecule has 0 saturated carbocycles. The third-order valence-electron chi connectivity index (χ3n) is 5.69. The van der Waals surface area contributed by atoms with Crippen molar-refractivity contribution in [2.45, 2.75) is 58.5 Å². The zero-order valence-electron chi connectivity index (χ0n) is 17.7. The summed E-state index contributed by atoms with van der Waals surface area (Å²) in [4.78, 5) is 25.0. The van der Waals surface area contributed by atoms with E-state index in [4.69, 9.17) is 13.6 Å². The molecule has 1 aromatic carbocycles. The Labute approximate surface area is 175 Å². The highest BCUT2D eigenvalue weighted by molar-refractivity contribution is 5.86. The van der Waals surface area contributed by atoms with Gasteiger partial charge < -0.3 is 18.9 Å². The van der Waals surface area contributed by atoms with Gasteiger partial charge in [-0.05, 0) is 69.4 Å². The van der Waals surface area contributed by atoms with Gasteiger partial charge in [-0.25, -0.2) is 4.79 Å². The van der Waals surface area contributed by atoms with Gasteiger partial charge in [0.25, 0.3) is 0 Å². The van der Waals surface area contributed by atoms with Crippen molar-refractivity contribution in [3.8, 4) is 5.75 Å². The monoisotopic (exact) mass is 409 g/mol. The Morgan fingerprint density at radius 3 is 2.87 bits per heavy atom. The molecule has 2 aromatic heterocycles. The topological polar surface area (TPSA) is 81.7 Å². The van der Waals surface area contributed by atoms with Crippen LogP contribution in [0.25, 0.3) is 11.0 Å². The lowest BCUT2D eigenvalue weighted by Gasteiger charge is -2.32. The number of aryl methyl sites for hydroxylation is 3. The molecule has 0 aliphatic carbocycles. The van der Waals surface area contributed by atoms with Crippen molar-refractivity contribution in [2.24, 2.45) is 0 Å². The predicted molar refractivity (Wildman–Crippen MR) is 114 cm³/mol. The van der Waals surface area contributed by atoms with Crippen LogP contribution in [0.2, 0.25) is 0 Å². The third kappa shape index (κ3) is 4.27. The molecular weight excluding hydrogens is 382 g/mol. The molecule has 158 valence electrons. The summed E-state index contributed by atoms with van der Waals surface area (Å²) in [5.41, 5.74) is 2.09. The van der Waals surface area contributed by atoms with E-state index < -0.39 is 5.63 Å². The van der Waals surface area contributed by atoms with Crippen LogP contribution in [0.3, 0.4) is 0 Å². The number of hydrogen-bond donors (Lipinski definition) is 1. The van der Waals surface area contributed by atoms with Gasteiger partial charge in [0.15, 0.2) is 0 Å². The van der Waals surface area contributed by atoms with Gasteiger partial charge in [-0.15, -0.1) is 0 Å². The molecule has 1 aliphatic rings. The molecule has 3 aromatic rings. The highest BCUT2D eigenvalue weighted by Gasteiger charge is 2.27. The van der Waals surface area contributed by atoms with E-state index in [1.807, 2.05) is 25.1 Å². The van der Waals surface area contributed by atoms with Gasteiger partial charge in [0, 0.05) is 24.4 Å². The number of amides is 1. The van der Waals surface area contributed by atoms with Gasteiger partial charge in [-0.3, -0.25) is 4.79 Å². The second kappa shape index (κ2) is 8.01. The number of nitrogens with one attached hydrogen (secondary N) is 1. The van der Waals surface area contributed by atoms with E-state index in [9.17, 15) is 9.59 Å². The largest absolute Gasteiger partial charge is 0.487 e. The number of benzene rings is 1. The maximum Gasteiger partial charge on any atom is 0.340 e. The minimum absolute atomic E-state index is 0.00543. The summed E-state index contributed by atoms with van der Waals surface area (Å²) >= 11 is 0. The Kier molecular flexibility index (Phi) is 5.41. The van der Waals surface area contributed by atoms with Crippen molar-refractivity contribution in [3.63, 3.8) is 0 Å². The van der Waals surface area contributed by atoms with Crippen LogP contribution in [0.15, 0.2) is 44.2 Å². The van der Waals surface area contributed by atoms with Crippen molar-refractivity contribution in [1.82, 2.24) is 5.32 Å². The molecule has 0 spiro atoms. The average molecular weight is 409 g/mol. The molecule has 4 rings (SSSR count). The summed E-state index contributed by atoms with van der Waals surface area (Å²) < 4.78 is 16.9. The van der Waals surface area contributed by atoms with Crippen LogP contribution in [-0.4, -0.2) is 18.1 Å². The Bertz CT molecular complexity index is 1120. The first kappa shape index (κ1) is 20.3. The second-order valence-corrected chi connectivity index (χ2v) is 8.52. The van der Waals surface area contributed by atoms with Crippen LogP contribution in [0.1, 0.15) is 49.1 Å². The van der Waals surface area contributed by atoms with Crippen molar-refractivity contribution in [2.75, 3.05) is 6.54 Å². The minimum Gasteiger partial charge on any atom is -0.487 e. The summed E-state index contributed by atoms with van der Waals surface area (Å²) in [6.45, 7) is 6.51. The fraction of sp³-hybridized carbons (Fsp3) is 0.417. The van der Waals surface area contributed by atoms with Crippen molar-refractivity contribution in [1.29, 1.82) is 0 Å². The molecule has 1 aliphatic heterocycles. The maximum absolute atomic E-state index is 12.6. The molecule has 0 atom stereocenters. The number of hydrogen-bond acceptors (Lipinski definition) is 5. The fourth-order valence-electron chi connectivity index (χ4n) is 3.91. The molecule has 1 N–H and O–H groups in total. The number of ether oxygens (including phenoxy) is 1. The Balaban J connectivity index is 1.48. The number of fused-ring (bicyclic) bond motifs is 2. The van der Waals surface area contributed by atoms with Crippen molar-refractivity contribution >= 4 is 16.9 Å². The molecule has 3 heterocycles. The SMILES string of the molecule is Cc1c(CC(=O)NCCCc2ccco2)c(=O)oc2cc3c(cc12)CCC(C)(C)O3. The van der Waals surface area contributed by atoms with Crippen molar-refractivity contribution < 1.29 is 18.4 Å². The van der Waals surface area contributed by atoms with E-state index in [0.717, 1.165) is 53.7 Å². The van der Waals surface area contributed by atoms with Gasteiger partial charge in [0.05, 0.1) is 18.2 Å². The van der Waals surface area contributed by atoms with E-state index in [-0.39, 0.29) is 17.9 Å². The first-order valence-corrected chi connectivity index (χ1v) is 10.4. The van der Waals surface area contributed by atoms with E-state index in [2.05, 4.69) is 19.2 Å². The molecule has 0 fully saturated rings. The van der Waals surface area contributed by atoms with E-state index in [1.165, 1.54) is 0 Å². The summed E-state index contributed by atoms with van der Waals surface area (Å²) in [5.74, 6) is 1.47. The number of furan rings is 1. The first-order chi connectivity index (χ1) is 14.3. The summed E-state index contributed by atoms with van der Waals surface area (Å²) in [6.07, 6.45) is 5.00. The van der Waals surface area contributed by atoms with Crippen LogP contribution < -0.4 is 15.7 Å². The van der Waals surface area contributed by atoms with Crippen LogP contribution in [0.5, 0.6) is 5.75 Å². The van der Waals surface area contributed by atoms with Crippen LogP contribution in [0, 0.1) is 6.92 Å². The highest BCUT2D eigenvalue weighted by Crippen LogP contribution is 2.36. The van der Waals surface area contributed by atoms with Crippen LogP contribution in [0.4, 0.5) is 0 Å². The maximum atomic E-state index is 12.6. The Hall–Kier alpha value is -3.02. The zero-order chi connectivity index (χ0) is 21.3. The molecule has 0 radical (unpaired) electrons. The number of carbonyl (C=O) groups excluding carboxylic acids is 1. The molecule has 1 amide bonds. The predicted octanol–water partition coefficient (Wildman–Crippen LogP) is 4.09. The van der Waals surface area contributed by atoms with Crippen LogP contribution in [-0.2, 0) is 24.1 Å². The smallest absolute Gasteiger partial charge is 0.340 e. The molecular formula is C24H27NO5. The van der Waals surface area contributed by atoms with Crippen molar-refractivity contribution in [3.05, 3.63) is 63.4 Å². The minimum atomic E-state index is -0.472. The highest BCUT2D eigenvalue weighted by atomic mass is 16.5. The molecule has 30 heavy (non-hydrogen) atoms. The number of carbonyl (C=O) groups is 1. The Morgan fingerprint density at radius 2 is 2.10 bits per heavy atom. The quantitative estimate of drug-likeness (QED) is 0.490. The van der Waals surface area contributed by atoms with Gasteiger partial charge in [0.2, 0.25) is 5.91 Å². The van der Waals surface area contributed by atoms with Gasteiger partial charge in [-0.1, -0.05) is 0 Å². The standard InChI is InChI=1S/C24H27NO5/c1-15-18-12-16-8-9-24(2,3)30-20(16)14-21(18)29-23(27)19(15)13-22(26)25-10-4-6-17-7-5-11-28-17/h5,7,11-12,14H,4,6,8-10,13H2,1-3H3,(H,25,26). The summed E-state index contributed by atoms with van der Waals surface area (Å²) in [7, 11) is 0. The molecule has 0 unspecified atom stereocenters.